The van der Waals surface area contributed by atoms with Gasteiger partial charge in [-0.2, -0.15) is 0 Å². The van der Waals surface area contributed by atoms with Gasteiger partial charge in [0.15, 0.2) is 6.10 Å². The van der Waals surface area contributed by atoms with Gasteiger partial charge in [-0.15, -0.1) is 0 Å². The van der Waals surface area contributed by atoms with E-state index >= 15 is 0 Å². The minimum atomic E-state index is -1.51. The summed E-state index contributed by atoms with van der Waals surface area (Å²) in [6, 6.07) is 0. The zero-order chi connectivity index (χ0) is 60.5. The summed E-state index contributed by atoms with van der Waals surface area (Å²) in [4.78, 5) is 37.6. The van der Waals surface area contributed by atoms with Gasteiger partial charge in [-0.3, -0.25) is 9.59 Å². The molecule has 83 heavy (non-hydrogen) atoms. The largest absolute Gasteiger partial charge is 0.477 e. The Bertz CT molecular complexity index is 1590. The number of carbonyl (C=O) groups is 3. The molecule has 0 aromatic carbocycles. The Morgan fingerprint density at radius 1 is 0.373 bits per heavy atom. The quantitative estimate of drug-likeness (QED) is 0.0211. The maximum Gasteiger partial charge on any atom is 0.361 e. The van der Waals surface area contributed by atoms with E-state index in [1.165, 1.54) is 225 Å². The number of aliphatic carboxylic acids is 1. The summed E-state index contributed by atoms with van der Waals surface area (Å²) in [5.41, 5.74) is 0. The lowest BCUT2D eigenvalue weighted by atomic mass is 10.0. The van der Waals surface area contributed by atoms with Crippen LogP contribution >= 0.6 is 0 Å². The number of quaternary nitrogens is 1. The Kier molecular flexibility index (Phi) is 62.2. The molecule has 2 atom stereocenters. The lowest BCUT2D eigenvalue weighted by Crippen LogP contribution is -2.40. The number of nitrogens with zero attached hydrogens (tertiary/aromatic N) is 1. The summed E-state index contributed by atoms with van der Waals surface area (Å²) in [5, 5.41) is 9.75. The topological polar surface area (TPSA) is 108 Å². The molecule has 9 heteroatoms. The minimum Gasteiger partial charge on any atom is -0.477 e. The number of carboxylic acids is 1. The van der Waals surface area contributed by atoms with Crippen LogP contribution in [0.15, 0.2) is 72.9 Å². The zero-order valence-electron chi connectivity index (χ0n) is 55.1. The van der Waals surface area contributed by atoms with E-state index in [1.54, 1.807) is 0 Å². The fourth-order valence-corrected chi connectivity index (χ4v) is 10.1. The minimum absolute atomic E-state index is 0.180. The van der Waals surface area contributed by atoms with Gasteiger partial charge in [-0.05, 0) is 83.5 Å². The smallest absolute Gasteiger partial charge is 0.361 e. The first-order valence-electron chi connectivity index (χ1n) is 35.1. The Hall–Kier alpha value is -3.27. The normalized spacial score (nSPS) is 13.1. The molecule has 0 heterocycles. The second-order valence-corrected chi connectivity index (χ2v) is 24.8. The highest BCUT2D eigenvalue weighted by Gasteiger charge is 2.25. The number of carbonyl (C=O) groups excluding carboxylic acids is 2. The number of carboxylic acid groups (broad SMARTS) is 1. The van der Waals surface area contributed by atoms with Crippen molar-refractivity contribution in [2.75, 3.05) is 47.5 Å². The molecule has 0 aliphatic rings. The lowest BCUT2D eigenvalue weighted by molar-refractivity contribution is -0.870. The third kappa shape index (κ3) is 66.1. The zero-order valence-corrected chi connectivity index (χ0v) is 55.1. The molecule has 0 bridgehead atoms. The van der Waals surface area contributed by atoms with Gasteiger partial charge < -0.3 is 28.5 Å². The first kappa shape index (κ1) is 79.7. The van der Waals surface area contributed by atoms with Crippen molar-refractivity contribution >= 4 is 17.9 Å². The van der Waals surface area contributed by atoms with E-state index in [4.69, 9.17) is 18.9 Å². The maximum atomic E-state index is 12.9. The van der Waals surface area contributed by atoms with Gasteiger partial charge in [0.2, 0.25) is 0 Å². The molecule has 1 N–H and O–H groups in total. The first-order chi connectivity index (χ1) is 40.6. The van der Waals surface area contributed by atoms with Crippen LogP contribution in [0.3, 0.4) is 0 Å². The summed E-state index contributed by atoms with van der Waals surface area (Å²) in [5.74, 6) is -1.99. The lowest BCUT2D eigenvalue weighted by Gasteiger charge is -2.25. The number of likely N-dealkylation sites (N-methyl/N-ethyl adjacent to an activating group) is 1. The van der Waals surface area contributed by atoms with Crippen LogP contribution in [0.4, 0.5) is 0 Å². The van der Waals surface area contributed by atoms with Crippen LogP contribution in [0, 0.1) is 0 Å². The molecule has 0 rings (SSSR count). The average Bonchev–Trinajstić information content (AvgIpc) is 3.46. The number of allylic oxidation sites excluding steroid dienone is 12. The molecule has 0 spiro atoms. The monoisotopic (exact) mass is 1170 g/mol. The number of ether oxygens (including phenoxy) is 4. The number of hydrogen-bond acceptors (Lipinski definition) is 7. The summed E-state index contributed by atoms with van der Waals surface area (Å²) in [7, 11) is 5.98. The average molecular weight is 1170 g/mol. The van der Waals surface area contributed by atoms with Gasteiger partial charge in [-0.1, -0.05) is 299 Å². The van der Waals surface area contributed by atoms with E-state index in [-0.39, 0.29) is 38.2 Å². The molecule has 2 unspecified atom stereocenters. The molecule has 0 radical (unpaired) electrons. The Morgan fingerprint density at radius 3 is 1.02 bits per heavy atom. The third-order valence-corrected chi connectivity index (χ3v) is 15.4. The van der Waals surface area contributed by atoms with Gasteiger partial charge in [-0.25, -0.2) is 4.79 Å². The summed E-state index contributed by atoms with van der Waals surface area (Å²) < 4.78 is 23.0. The number of esters is 2. The van der Waals surface area contributed by atoms with Crippen molar-refractivity contribution < 1.29 is 42.9 Å². The Labute approximate surface area is 513 Å². The van der Waals surface area contributed by atoms with E-state index in [1.807, 2.05) is 21.1 Å². The van der Waals surface area contributed by atoms with E-state index in [0.717, 1.165) is 70.6 Å². The molecule has 9 nitrogen and oxygen atoms in total. The summed E-state index contributed by atoms with van der Waals surface area (Å²) in [6.45, 7) is 4.80. The fourth-order valence-electron chi connectivity index (χ4n) is 10.1. The molecule has 0 amide bonds. The van der Waals surface area contributed by atoms with Gasteiger partial charge >= 0.3 is 17.9 Å². The second-order valence-electron chi connectivity index (χ2n) is 24.8. The Morgan fingerprint density at radius 2 is 0.687 bits per heavy atom. The fraction of sp³-hybridized carbons (Fsp3) is 0.797. The van der Waals surface area contributed by atoms with Crippen LogP contribution in [0.25, 0.3) is 0 Å². The summed E-state index contributed by atoms with van der Waals surface area (Å²) in [6.07, 6.45) is 83.0. The summed E-state index contributed by atoms with van der Waals surface area (Å²) >= 11 is 0. The van der Waals surface area contributed by atoms with Crippen molar-refractivity contribution in [3.05, 3.63) is 72.9 Å². The molecule has 0 saturated heterocycles. The van der Waals surface area contributed by atoms with Gasteiger partial charge in [0.05, 0.1) is 34.4 Å². The highest BCUT2D eigenvalue weighted by molar-refractivity contribution is 5.71. The standard InChI is InChI=1S/C74H133NO8/c1-6-8-10-12-14-16-18-20-22-24-26-28-30-32-33-34-35-36-37-38-39-41-43-45-47-49-51-53-55-57-59-61-63-65-72(77)83-70(69-82-74(73(78)79)80-67-66-75(3,4)5)68-81-71(76)64-62-60-58-56-54-52-50-48-46-44-42-40-31-29-27-25-23-21-19-17-15-13-11-9-7-2/h8,10,14,16,19-22,25-28,70,74H,6-7,9,11-13,15,17-18,23-24,29-69H2,1-5H3/p+1/b10-8-,16-14-,21-19-,22-20-,27-25-,28-26-. The molecule has 0 aromatic heterocycles. The molecular formula is C74H134NO8+. The number of unbranched alkanes of at least 4 members (excludes halogenated alkanes) is 38. The van der Waals surface area contributed by atoms with Crippen LogP contribution in [0.5, 0.6) is 0 Å². The number of hydrogen-bond donors (Lipinski definition) is 1. The van der Waals surface area contributed by atoms with Crippen molar-refractivity contribution in [1.29, 1.82) is 0 Å². The van der Waals surface area contributed by atoms with Crippen molar-refractivity contribution in [3.8, 4) is 0 Å². The predicted octanol–water partition coefficient (Wildman–Crippen LogP) is 21.7. The second kappa shape index (κ2) is 64.7. The van der Waals surface area contributed by atoms with Gasteiger partial charge in [0.25, 0.3) is 6.29 Å². The van der Waals surface area contributed by atoms with Gasteiger partial charge in [0, 0.05) is 12.8 Å². The molecule has 0 aliphatic carbocycles. The van der Waals surface area contributed by atoms with Crippen LogP contribution in [-0.4, -0.2) is 87.4 Å². The molecular weight excluding hydrogens is 1030 g/mol. The third-order valence-electron chi connectivity index (χ3n) is 15.4. The van der Waals surface area contributed by atoms with E-state index in [0.29, 0.717) is 17.4 Å². The van der Waals surface area contributed by atoms with Crippen molar-refractivity contribution in [2.45, 2.75) is 334 Å². The molecule has 482 valence electrons. The highest BCUT2D eigenvalue weighted by atomic mass is 16.7. The van der Waals surface area contributed by atoms with Crippen molar-refractivity contribution in [3.63, 3.8) is 0 Å². The van der Waals surface area contributed by atoms with Crippen LogP contribution in [-0.2, 0) is 33.3 Å². The van der Waals surface area contributed by atoms with Crippen LogP contribution in [0.2, 0.25) is 0 Å². The van der Waals surface area contributed by atoms with Crippen LogP contribution in [0.1, 0.15) is 322 Å². The molecule has 0 aromatic rings. The molecule has 0 aliphatic heterocycles. The van der Waals surface area contributed by atoms with E-state index < -0.39 is 18.4 Å². The first-order valence-corrected chi connectivity index (χ1v) is 35.1. The van der Waals surface area contributed by atoms with Crippen LogP contribution < -0.4 is 0 Å². The molecule has 0 saturated carbocycles. The highest BCUT2D eigenvalue weighted by Crippen LogP contribution is 2.18. The van der Waals surface area contributed by atoms with Crippen molar-refractivity contribution in [2.24, 2.45) is 0 Å². The van der Waals surface area contributed by atoms with E-state index in [2.05, 4.69) is 86.8 Å². The van der Waals surface area contributed by atoms with Gasteiger partial charge in [0.1, 0.15) is 13.2 Å². The maximum absolute atomic E-state index is 12.9. The van der Waals surface area contributed by atoms with Crippen molar-refractivity contribution in [1.82, 2.24) is 0 Å². The SMILES string of the molecule is CC/C=C\C/C=C\C/C=C\C/C=C\CCCCCCCCCCCCCCCCCCCCCCC(=O)OC(COC(=O)CCCCCCCCCCCCCCC/C=C\C/C=C\CCCCCCC)COC(OCC[N+](C)(C)C)C(=O)O. The number of rotatable bonds is 65. The predicted molar refractivity (Wildman–Crippen MR) is 355 cm³/mol. The Balaban J connectivity index is 4.07. The molecule has 0 fully saturated rings. The van der Waals surface area contributed by atoms with E-state index in [9.17, 15) is 19.5 Å².